The van der Waals surface area contributed by atoms with Crippen LogP contribution in [0.1, 0.15) is 40.3 Å². The second-order valence-electron chi connectivity index (χ2n) is 8.29. The number of hydrogen-bond donors (Lipinski definition) is 4. The number of amidine groups is 1. The SMILES string of the molecule is CC(C)(COc1cccc2c1C(N)=NS(=O)(=O)N2)NC(=O)c1ccnc(-n2cnc(C(N)=O)c2)c1. The first-order valence-corrected chi connectivity index (χ1v) is 11.7. The summed E-state index contributed by atoms with van der Waals surface area (Å²) in [5, 5.41) is 2.89. The van der Waals surface area contributed by atoms with Crippen LogP contribution in [0.3, 0.4) is 0 Å². The van der Waals surface area contributed by atoms with Crippen molar-refractivity contribution in [3.63, 3.8) is 0 Å². The highest BCUT2D eigenvalue weighted by Gasteiger charge is 2.27. The van der Waals surface area contributed by atoms with E-state index in [1.807, 2.05) is 0 Å². The fourth-order valence-corrected chi connectivity index (χ4v) is 4.13. The van der Waals surface area contributed by atoms with E-state index in [-0.39, 0.29) is 29.7 Å². The number of primary amides is 1. The maximum absolute atomic E-state index is 12.9. The molecule has 13 nitrogen and oxygen atoms in total. The lowest BCUT2D eigenvalue weighted by Gasteiger charge is -2.27. The smallest absolute Gasteiger partial charge is 0.344 e. The summed E-state index contributed by atoms with van der Waals surface area (Å²) >= 11 is 0. The monoisotopic (exact) mass is 498 g/mol. The van der Waals surface area contributed by atoms with E-state index >= 15 is 0 Å². The predicted octanol–water partition coefficient (Wildman–Crippen LogP) is 0.329. The molecule has 1 aromatic carbocycles. The summed E-state index contributed by atoms with van der Waals surface area (Å²) in [5.74, 6) is -0.574. The fraction of sp³-hybridized carbons (Fsp3) is 0.190. The van der Waals surface area contributed by atoms with Crippen molar-refractivity contribution in [2.75, 3.05) is 11.3 Å². The number of nitrogens with zero attached hydrogens (tertiary/aromatic N) is 4. The van der Waals surface area contributed by atoms with E-state index in [1.54, 1.807) is 38.1 Å². The first kappa shape index (κ1) is 23.7. The highest BCUT2D eigenvalue weighted by atomic mass is 32.2. The van der Waals surface area contributed by atoms with Gasteiger partial charge in [-0.15, -0.1) is 4.40 Å². The summed E-state index contributed by atoms with van der Waals surface area (Å²) in [6.45, 7) is 3.56. The average molecular weight is 499 g/mol. The van der Waals surface area contributed by atoms with Crippen molar-refractivity contribution in [1.29, 1.82) is 0 Å². The Bertz CT molecular complexity index is 1460. The summed E-state index contributed by atoms with van der Waals surface area (Å²) in [7, 11) is -3.91. The minimum Gasteiger partial charge on any atom is -0.490 e. The third-order valence-electron chi connectivity index (χ3n) is 4.89. The fourth-order valence-electron chi connectivity index (χ4n) is 3.29. The van der Waals surface area contributed by atoms with Crippen LogP contribution in [-0.4, -0.2) is 52.7 Å². The first-order valence-electron chi connectivity index (χ1n) is 10.2. The maximum atomic E-state index is 12.9. The molecule has 0 spiro atoms. The van der Waals surface area contributed by atoms with E-state index < -0.39 is 21.7 Å². The molecule has 3 heterocycles. The van der Waals surface area contributed by atoms with Gasteiger partial charge in [0.15, 0.2) is 5.84 Å². The second-order valence-corrected chi connectivity index (χ2v) is 9.63. The number of nitrogens with one attached hydrogen (secondary N) is 2. The maximum Gasteiger partial charge on any atom is 0.344 e. The minimum atomic E-state index is -3.91. The molecule has 1 aliphatic heterocycles. The van der Waals surface area contributed by atoms with Gasteiger partial charge in [0, 0.05) is 18.0 Å². The number of carbonyl (C=O) groups is 2. The van der Waals surface area contributed by atoms with Crippen molar-refractivity contribution in [3.05, 3.63) is 65.9 Å². The molecule has 35 heavy (non-hydrogen) atoms. The molecule has 0 saturated carbocycles. The molecule has 0 aliphatic carbocycles. The van der Waals surface area contributed by atoms with Crippen LogP contribution < -0.4 is 26.2 Å². The molecule has 6 N–H and O–H groups in total. The van der Waals surface area contributed by atoms with Gasteiger partial charge in [0.25, 0.3) is 11.8 Å². The van der Waals surface area contributed by atoms with Crippen LogP contribution in [0.25, 0.3) is 5.82 Å². The standard InChI is InChI=1S/C21H22N8O5S/c1-21(2,10-34-15-5-3-4-13-17(15)18(22)28-35(32,33)27-13)26-20(31)12-6-7-24-16(8-12)29-9-14(19(23)30)25-11-29/h3-9,11,27H,10H2,1-2H3,(H2,22,28)(H2,23,30)(H,26,31). The lowest BCUT2D eigenvalue weighted by molar-refractivity contribution is 0.0880. The van der Waals surface area contributed by atoms with Gasteiger partial charge in [-0.25, -0.2) is 9.97 Å². The van der Waals surface area contributed by atoms with E-state index in [4.69, 9.17) is 16.2 Å². The molecule has 0 saturated heterocycles. The molecular formula is C21H22N8O5S. The lowest BCUT2D eigenvalue weighted by Crippen LogP contribution is -2.48. The van der Waals surface area contributed by atoms with Crippen LogP contribution in [0.15, 0.2) is 53.5 Å². The van der Waals surface area contributed by atoms with Gasteiger partial charge in [0.05, 0.1) is 16.8 Å². The minimum absolute atomic E-state index is 0.0383. The van der Waals surface area contributed by atoms with Gasteiger partial charge in [-0.1, -0.05) is 6.07 Å². The molecule has 0 radical (unpaired) electrons. The molecule has 2 amide bonds. The Balaban J connectivity index is 1.47. The summed E-state index contributed by atoms with van der Waals surface area (Å²) in [6, 6.07) is 7.86. The number of fused-ring (bicyclic) bond motifs is 1. The van der Waals surface area contributed by atoms with E-state index in [2.05, 4.69) is 24.4 Å². The molecule has 182 valence electrons. The number of benzene rings is 1. The van der Waals surface area contributed by atoms with Crippen molar-refractivity contribution < 1.29 is 22.7 Å². The largest absolute Gasteiger partial charge is 0.490 e. The van der Waals surface area contributed by atoms with Crippen LogP contribution >= 0.6 is 0 Å². The summed E-state index contributed by atoms with van der Waals surface area (Å²) < 4.78 is 36.6. The number of nitrogens with two attached hydrogens (primary N) is 2. The Morgan fingerprint density at radius 3 is 2.71 bits per heavy atom. The third-order valence-corrected chi connectivity index (χ3v) is 5.80. The Kier molecular flexibility index (Phi) is 5.90. The van der Waals surface area contributed by atoms with Gasteiger partial charge in [-0.05, 0) is 38.1 Å². The molecule has 1 aliphatic rings. The van der Waals surface area contributed by atoms with E-state index in [0.29, 0.717) is 22.7 Å². The van der Waals surface area contributed by atoms with Gasteiger partial charge in [-0.2, -0.15) is 8.42 Å². The van der Waals surface area contributed by atoms with E-state index in [0.717, 1.165) is 0 Å². The molecular weight excluding hydrogens is 476 g/mol. The van der Waals surface area contributed by atoms with Crippen LogP contribution in [0.5, 0.6) is 5.75 Å². The summed E-state index contributed by atoms with van der Waals surface area (Å²) in [6.07, 6.45) is 4.24. The Morgan fingerprint density at radius 2 is 2.00 bits per heavy atom. The van der Waals surface area contributed by atoms with Crippen LogP contribution in [-0.2, 0) is 10.2 Å². The van der Waals surface area contributed by atoms with Gasteiger partial charge < -0.3 is 21.5 Å². The number of rotatable bonds is 7. The number of aromatic nitrogens is 3. The van der Waals surface area contributed by atoms with E-state index in [1.165, 1.54) is 29.4 Å². The second kappa shape index (κ2) is 8.72. The zero-order chi connectivity index (χ0) is 25.4. The van der Waals surface area contributed by atoms with Crippen molar-refractivity contribution >= 4 is 33.5 Å². The van der Waals surface area contributed by atoms with Crippen molar-refractivity contribution in [3.8, 4) is 11.6 Å². The number of hydrogen-bond acceptors (Lipinski definition) is 8. The molecule has 0 bridgehead atoms. The molecule has 2 aromatic heterocycles. The average Bonchev–Trinajstić information content (AvgIpc) is 3.27. The highest BCUT2D eigenvalue weighted by molar-refractivity contribution is 7.91. The van der Waals surface area contributed by atoms with Crippen molar-refractivity contribution in [2.45, 2.75) is 19.4 Å². The van der Waals surface area contributed by atoms with E-state index in [9.17, 15) is 18.0 Å². The molecule has 14 heteroatoms. The number of amides is 2. The van der Waals surface area contributed by atoms with Crippen LogP contribution in [0.4, 0.5) is 5.69 Å². The number of anilines is 1. The van der Waals surface area contributed by atoms with Crippen molar-refractivity contribution in [1.82, 2.24) is 19.9 Å². The Labute approximate surface area is 200 Å². The molecule has 3 aromatic rings. The zero-order valence-corrected chi connectivity index (χ0v) is 19.5. The number of carbonyl (C=O) groups excluding carboxylic acids is 2. The van der Waals surface area contributed by atoms with Crippen LogP contribution in [0.2, 0.25) is 0 Å². The van der Waals surface area contributed by atoms with Crippen molar-refractivity contribution in [2.24, 2.45) is 15.9 Å². The summed E-state index contributed by atoms with van der Waals surface area (Å²) in [4.78, 5) is 32.3. The zero-order valence-electron chi connectivity index (χ0n) is 18.7. The number of imidazole rings is 1. The third kappa shape index (κ3) is 5.22. The Morgan fingerprint density at radius 1 is 1.23 bits per heavy atom. The molecule has 0 fully saturated rings. The Hall–Kier alpha value is -4.46. The quantitative estimate of drug-likeness (QED) is 0.357. The van der Waals surface area contributed by atoms with Gasteiger partial charge >= 0.3 is 10.2 Å². The highest BCUT2D eigenvalue weighted by Crippen LogP contribution is 2.30. The summed E-state index contributed by atoms with van der Waals surface area (Å²) in [5.41, 5.74) is 11.2. The molecule has 0 atom stereocenters. The predicted molar refractivity (Wildman–Crippen MR) is 127 cm³/mol. The number of ether oxygens (including phenoxy) is 1. The molecule has 0 unspecified atom stereocenters. The topological polar surface area (TPSA) is 197 Å². The van der Waals surface area contributed by atoms with Gasteiger partial charge in [0.2, 0.25) is 0 Å². The van der Waals surface area contributed by atoms with Gasteiger partial charge in [0.1, 0.15) is 30.2 Å². The molecule has 4 rings (SSSR count). The lowest BCUT2D eigenvalue weighted by atomic mass is 10.1. The first-order chi connectivity index (χ1) is 16.4. The van der Waals surface area contributed by atoms with Crippen LogP contribution in [0, 0.1) is 0 Å². The van der Waals surface area contributed by atoms with Gasteiger partial charge in [-0.3, -0.25) is 18.9 Å². The number of pyridine rings is 1. The normalized spacial score (nSPS) is 14.3.